The number of benzene rings is 2. The summed E-state index contributed by atoms with van der Waals surface area (Å²) in [6, 6.07) is 17.7. The number of aryl methyl sites for hydroxylation is 1. The molecule has 0 saturated heterocycles. The largest absolute Gasteiger partial charge is 0.497 e. The quantitative estimate of drug-likeness (QED) is 0.553. The SMILES string of the molecule is COc1ccc(CN(Cc2ccco2)CC(O)COc2cccc(C)c2C)cc1. The van der Waals surface area contributed by atoms with Crippen LogP contribution in [0.4, 0.5) is 0 Å². The van der Waals surface area contributed by atoms with Gasteiger partial charge in [0.2, 0.25) is 0 Å². The van der Waals surface area contributed by atoms with E-state index in [-0.39, 0.29) is 6.61 Å². The van der Waals surface area contributed by atoms with E-state index in [0.29, 0.717) is 19.6 Å². The maximum Gasteiger partial charge on any atom is 0.122 e. The second-order valence-corrected chi connectivity index (χ2v) is 7.26. The van der Waals surface area contributed by atoms with Gasteiger partial charge in [-0.2, -0.15) is 0 Å². The first-order valence-electron chi connectivity index (χ1n) is 9.80. The molecule has 5 heteroatoms. The minimum Gasteiger partial charge on any atom is -0.497 e. The van der Waals surface area contributed by atoms with Crippen LogP contribution in [-0.4, -0.2) is 36.4 Å². The van der Waals surface area contributed by atoms with Crippen LogP contribution in [0.3, 0.4) is 0 Å². The predicted molar refractivity (Wildman–Crippen MR) is 113 cm³/mol. The molecule has 1 N–H and O–H groups in total. The van der Waals surface area contributed by atoms with E-state index < -0.39 is 6.10 Å². The van der Waals surface area contributed by atoms with Gasteiger partial charge in [0.05, 0.1) is 19.9 Å². The van der Waals surface area contributed by atoms with Gasteiger partial charge in [0, 0.05) is 13.1 Å². The highest BCUT2D eigenvalue weighted by Crippen LogP contribution is 2.21. The molecule has 1 atom stereocenters. The number of methoxy groups -OCH3 is 1. The van der Waals surface area contributed by atoms with Crippen molar-refractivity contribution >= 4 is 0 Å². The Morgan fingerprint density at radius 3 is 2.48 bits per heavy atom. The summed E-state index contributed by atoms with van der Waals surface area (Å²) in [7, 11) is 1.66. The fraction of sp³-hybridized carbons (Fsp3) is 0.333. The van der Waals surface area contributed by atoms with Gasteiger partial charge < -0.3 is 19.0 Å². The number of aliphatic hydroxyl groups excluding tert-OH is 1. The van der Waals surface area contributed by atoms with Gasteiger partial charge in [-0.05, 0) is 60.9 Å². The highest BCUT2D eigenvalue weighted by molar-refractivity contribution is 5.38. The average Bonchev–Trinajstić information content (AvgIpc) is 3.22. The number of hydrogen-bond acceptors (Lipinski definition) is 5. The molecule has 0 saturated carbocycles. The average molecular weight is 395 g/mol. The van der Waals surface area contributed by atoms with Crippen LogP contribution in [0.2, 0.25) is 0 Å². The molecule has 0 fully saturated rings. The molecule has 154 valence electrons. The lowest BCUT2D eigenvalue weighted by molar-refractivity contribution is 0.0602. The lowest BCUT2D eigenvalue weighted by Gasteiger charge is -2.25. The standard InChI is InChI=1S/C24H29NO4/c1-18-6-4-8-24(19(18)2)29-17-21(26)15-25(16-23-7-5-13-28-23)14-20-9-11-22(27-3)12-10-20/h4-13,21,26H,14-17H2,1-3H3. The molecule has 0 radical (unpaired) electrons. The van der Waals surface area contributed by atoms with Gasteiger partial charge in [-0.15, -0.1) is 0 Å². The Balaban J connectivity index is 1.62. The zero-order valence-electron chi connectivity index (χ0n) is 17.3. The van der Waals surface area contributed by atoms with Crippen molar-refractivity contribution in [1.29, 1.82) is 0 Å². The molecule has 1 aromatic heterocycles. The van der Waals surface area contributed by atoms with Crippen molar-refractivity contribution < 1.29 is 19.0 Å². The summed E-state index contributed by atoms with van der Waals surface area (Å²) in [6.07, 6.45) is 1.05. The van der Waals surface area contributed by atoms with E-state index in [9.17, 15) is 5.11 Å². The smallest absolute Gasteiger partial charge is 0.122 e. The molecule has 1 unspecified atom stereocenters. The Kier molecular flexibility index (Phi) is 7.33. The van der Waals surface area contributed by atoms with E-state index in [1.165, 1.54) is 5.56 Å². The predicted octanol–water partition coefficient (Wildman–Crippen LogP) is 4.35. The second kappa shape index (κ2) is 10.1. The maximum absolute atomic E-state index is 10.6. The molecular weight excluding hydrogens is 366 g/mol. The van der Waals surface area contributed by atoms with Crippen molar-refractivity contribution in [3.8, 4) is 11.5 Å². The number of hydrogen-bond donors (Lipinski definition) is 1. The van der Waals surface area contributed by atoms with Crippen LogP contribution in [-0.2, 0) is 13.1 Å². The minimum absolute atomic E-state index is 0.238. The van der Waals surface area contributed by atoms with E-state index in [4.69, 9.17) is 13.9 Å². The molecule has 0 aliphatic heterocycles. The highest BCUT2D eigenvalue weighted by atomic mass is 16.5. The van der Waals surface area contributed by atoms with Crippen LogP contribution >= 0.6 is 0 Å². The van der Waals surface area contributed by atoms with E-state index in [0.717, 1.165) is 28.4 Å². The zero-order chi connectivity index (χ0) is 20.6. The molecule has 0 bridgehead atoms. The number of nitrogens with zero attached hydrogens (tertiary/aromatic N) is 1. The van der Waals surface area contributed by atoms with Crippen molar-refractivity contribution in [2.24, 2.45) is 0 Å². The molecule has 3 rings (SSSR count). The van der Waals surface area contributed by atoms with Crippen molar-refractivity contribution in [1.82, 2.24) is 4.90 Å². The Hall–Kier alpha value is -2.76. The van der Waals surface area contributed by atoms with E-state index in [1.807, 2.05) is 55.5 Å². The van der Waals surface area contributed by atoms with Gasteiger partial charge >= 0.3 is 0 Å². The summed E-state index contributed by atoms with van der Waals surface area (Å²) in [5, 5.41) is 10.6. The van der Waals surface area contributed by atoms with E-state index in [2.05, 4.69) is 17.9 Å². The molecule has 1 heterocycles. The Labute approximate surface area is 172 Å². The van der Waals surface area contributed by atoms with Crippen LogP contribution in [0.5, 0.6) is 11.5 Å². The summed E-state index contributed by atoms with van der Waals surface area (Å²) < 4.78 is 16.6. The molecule has 0 aliphatic rings. The van der Waals surface area contributed by atoms with Gasteiger partial charge in [-0.1, -0.05) is 24.3 Å². The fourth-order valence-electron chi connectivity index (χ4n) is 3.21. The normalized spacial score (nSPS) is 12.2. The highest BCUT2D eigenvalue weighted by Gasteiger charge is 2.16. The van der Waals surface area contributed by atoms with E-state index in [1.54, 1.807) is 13.4 Å². The molecule has 3 aromatic rings. The summed E-state index contributed by atoms with van der Waals surface area (Å²) in [5.74, 6) is 2.51. The van der Waals surface area contributed by atoms with Gasteiger partial charge in [-0.3, -0.25) is 4.90 Å². The van der Waals surface area contributed by atoms with Crippen LogP contribution in [0.25, 0.3) is 0 Å². The lowest BCUT2D eigenvalue weighted by atomic mass is 10.1. The van der Waals surface area contributed by atoms with Gasteiger partial charge in [-0.25, -0.2) is 0 Å². The first-order chi connectivity index (χ1) is 14.0. The second-order valence-electron chi connectivity index (χ2n) is 7.26. The lowest BCUT2D eigenvalue weighted by Crippen LogP contribution is -2.35. The third-order valence-electron chi connectivity index (χ3n) is 4.98. The summed E-state index contributed by atoms with van der Waals surface area (Å²) in [4.78, 5) is 2.15. The Morgan fingerprint density at radius 1 is 1.00 bits per heavy atom. The molecule has 29 heavy (non-hydrogen) atoms. The van der Waals surface area contributed by atoms with Crippen LogP contribution in [0.15, 0.2) is 65.3 Å². The summed E-state index contributed by atoms with van der Waals surface area (Å²) in [6.45, 7) is 6.09. The van der Waals surface area contributed by atoms with Crippen LogP contribution < -0.4 is 9.47 Å². The minimum atomic E-state index is -0.622. The first kappa shape index (κ1) is 21.0. The van der Waals surface area contributed by atoms with Crippen LogP contribution in [0, 0.1) is 13.8 Å². The molecule has 0 amide bonds. The monoisotopic (exact) mass is 395 g/mol. The zero-order valence-corrected chi connectivity index (χ0v) is 17.3. The number of ether oxygens (including phenoxy) is 2. The molecule has 5 nitrogen and oxygen atoms in total. The number of aliphatic hydroxyl groups is 1. The molecular formula is C24H29NO4. The summed E-state index contributed by atoms with van der Waals surface area (Å²) >= 11 is 0. The van der Waals surface area contributed by atoms with Gasteiger partial charge in [0.15, 0.2) is 0 Å². The number of furan rings is 1. The molecule has 0 aliphatic carbocycles. The fourth-order valence-corrected chi connectivity index (χ4v) is 3.21. The van der Waals surface area contributed by atoms with Gasteiger partial charge in [0.1, 0.15) is 30.0 Å². The molecule has 0 spiro atoms. The first-order valence-corrected chi connectivity index (χ1v) is 9.80. The van der Waals surface area contributed by atoms with Crippen molar-refractivity contribution in [2.75, 3.05) is 20.3 Å². The topological polar surface area (TPSA) is 55.1 Å². The Morgan fingerprint density at radius 2 is 1.79 bits per heavy atom. The summed E-state index contributed by atoms with van der Waals surface area (Å²) in [5.41, 5.74) is 3.42. The van der Waals surface area contributed by atoms with Crippen molar-refractivity contribution in [2.45, 2.75) is 33.0 Å². The van der Waals surface area contributed by atoms with Crippen molar-refractivity contribution in [3.63, 3.8) is 0 Å². The Bertz CT molecular complexity index is 874. The number of rotatable bonds is 10. The molecule has 2 aromatic carbocycles. The van der Waals surface area contributed by atoms with Gasteiger partial charge in [0.25, 0.3) is 0 Å². The van der Waals surface area contributed by atoms with Crippen LogP contribution in [0.1, 0.15) is 22.5 Å². The van der Waals surface area contributed by atoms with E-state index >= 15 is 0 Å². The third kappa shape index (κ3) is 6.11. The maximum atomic E-state index is 10.6. The van der Waals surface area contributed by atoms with Crippen molar-refractivity contribution in [3.05, 3.63) is 83.3 Å². The third-order valence-corrected chi connectivity index (χ3v) is 4.98.